The van der Waals surface area contributed by atoms with Crippen molar-refractivity contribution in [2.75, 3.05) is 0 Å². The highest BCUT2D eigenvalue weighted by atomic mass is 14.7. The summed E-state index contributed by atoms with van der Waals surface area (Å²) >= 11 is 0. The molecule has 7 fully saturated rings. The van der Waals surface area contributed by atoms with Crippen LogP contribution in [0.4, 0.5) is 0 Å². The van der Waals surface area contributed by atoms with Crippen LogP contribution in [0, 0.1) is 82.9 Å². The average Bonchev–Trinajstić information content (AvgIpc) is 2.89. The first-order chi connectivity index (χ1) is 13.7. The quantitative estimate of drug-likeness (QED) is 0.443. The van der Waals surface area contributed by atoms with Gasteiger partial charge in [0.1, 0.15) is 0 Å². The Bertz CT molecular complexity index is 566. The molecule has 0 nitrogen and oxygen atoms in total. The van der Waals surface area contributed by atoms with E-state index in [1.807, 2.05) is 0 Å². The molecule has 156 valence electrons. The molecule has 0 heterocycles. The minimum Gasteiger partial charge on any atom is -0.0625 e. The largest absolute Gasteiger partial charge is 0.0625 e. The van der Waals surface area contributed by atoms with E-state index >= 15 is 0 Å². The molecule has 0 aromatic carbocycles. The Labute approximate surface area is 174 Å². The Hall–Kier alpha value is 0. The molecule has 0 aromatic rings. The topological polar surface area (TPSA) is 0 Å². The van der Waals surface area contributed by atoms with Crippen LogP contribution in [-0.4, -0.2) is 0 Å². The minimum absolute atomic E-state index is 0.927. The van der Waals surface area contributed by atoms with Gasteiger partial charge in [0.15, 0.2) is 0 Å². The fraction of sp³-hybridized carbons (Fsp3) is 1.00. The van der Waals surface area contributed by atoms with Gasteiger partial charge < -0.3 is 0 Å². The van der Waals surface area contributed by atoms with E-state index in [1.54, 1.807) is 77.0 Å². The highest BCUT2D eigenvalue weighted by molar-refractivity contribution is 5.14. The third-order valence-corrected chi connectivity index (χ3v) is 12.6. The second-order valence-electron chi connectivity index (χ2n) is 13.4. The molecule has 0 radical (unpaired) electrons. The lowest BCUT2D eigenvalue weighted by atomic mass is 9.35. The maximum atomic E-state index is 2.56. The molecule has 7 saturated carbocycles. The van der Waals surface area contributed by atoms with Gasteiger partial charge in [-0.2, -0.15) is 0 Å². The molecule has 0 N–H and O–H groups in total. The molecule has 0 aromatic heterocycles. The summed E-state index contributed by atoms with van der Waals surface area (Å²) in [6.45, 7) is 5.12. The Kier molecular flexibility index (Phi) is 3.95. The summed E-state index contributed by atoms with van der Waals surface area (Å²) in [5.41, 5.74) is 0. The minimum atomic E-state index is 0.927. The van der Waals surface area contributed by atoms with Crippen molar-refractivity contribution in [3.8, 4) is 0 Å². The van der Waals surface area contributed by atoms with Gasteiger partial charge in [-0.3, -0.25) is 0 Å². The molecular weight excluding hydrogens is 336 g/mol. The zero-order valence-electron chi connectivity index (χ0n) is 18.6. The fourth-order valence-corrected chi connectivity index (χ4v) is 11.9. The van der Waals surface area contributed by atoms with Gasteiger partial charge in [0.2, 0.25) is 0 Å². The van der Waals surface area contributed by atoms with E-state index in [9.17, 15) is 0 Å². The van der Waals surface area contributed by atoms with Gasteiger partial charge in [-0.05, 0) is 160 Å². The van der Waals surface area contributed by atoms with Gasteiger partial charge in [-0.25, -0.2) is 0 Å². The zero-order valence-corrected chi connectivity index (χ0v) is 18.6. The van der Waals surface area contributed by atoms with Crippen LogP contribution >= 0.6 is 0 Å². The summed E-state index contributed by atoms with van der Waals surface area (Å²) in [6, 6.07) is 0. The van der Waals surface area contributed by atoms with E-state index in [0.29, 0.717) is 0 Å². The lowest BCUT2D eigenvalue weighted by Crippen LogP contribution is -2.63. The fourth-order valence-electron chi connectivity index (χ4n) is 11.9. The highest BCUT2D eigenvalue weighted by Gasteiger charge is 2.66. The maximum absolute atomic E-state index is 2.56. The van der Waals surface area contributed by atoms with Crippen LogP contribution in [0.2, 0.25) is 0 Å². The molecule has 12 atom stereocenters. The van der Waals surface area contributed by atoms with Crippen LogP contribution in [0.3, 0.4) is 0 Å². The molecule has 12 unspecified atom stereocenters. The van der Waals surface area contributed by atoms with Gasteiger partial charge in [-0.1, -0.05) is 13.8 Å². The molecular formula is C28H44. The van der Waals surface area contributed by atoms with Crippen molar-refractivity contribution in [1.82, 2.24) is 0 Å². The number of hydrogen-bond donors (Lipinski definition) is 0. The first kappa shape index (κ1) is 17.7. The monoisotopic (exact) mass is 380 g/mol. The summed E-state index contributed by atoms with van der Waals surface area (Å²) in [5, 5.41) is 0. The standard InChI is InChI=1S/C28H44/c1-15(2)22-13-20-11-9-18-7-5-16-3-4-17-6-8-19-10-12-21(14-22)28-26(19)24(17)23(16)25(18)27(20)28/h15-28H,3-14H2,1-2H3. The predicted molar refractivity (Wildman–Crippen MR) is 116 cm³/mol. The third-order valence-electron chi connectivity index (χ3n) is 12.6. The van der Waals surface area contributed by atoms with Gasteiger partial charge in [0.05, 0.1) is 0 Å². The van der Waals surface area contributed by atoms with Crippen molar-refractivity contribution >= 4 is 0 Å². The van der Waals surface area contributed by atoms with Crippen LogP contribution in [0.5, 0.6) is 0 Å². The summed E-state index contributed by atoms with van der Waals surface area (Å²) in [4.78, 5) is 0. The molecule has 0 amide bonds. The average molecular weight is 381 g/mol. The maximum Gasteiger partial charge on any atom is -0.0318 e. The van der Waals surface area contributed by atoms with E-state index in [4.69, 9.17) is 0 Å². The van der Waals surface area contributed by atoms with E-state index < -0.39 is 0 Å². The zero-order chi connectivity index (χ0) is 18.6. The lowest BCUT2D eigenvalue weighted by molar-refractivity contribution is -0.212. The second kappa shape index (κ2) is 6.26. The van der Waals surface area contributed by atoms with Gasteiger partial charge >= 0.3 is 0 Å². The van der Waals surface area contributed by atoms with E-state index in [-0.39, 0.29) is 0 Å². The molecule has 28 heavy (non-hydrogen) atoms. The van der Waals surface area contributed by atoms with Crippen LogP contribution < -0.4 is 0 Å². The van der Waals surface area contributed by atoms with Crippen molar-refractivity contribution in [2.45, 2.75) is 90.9 Å². The molecule has 0 aliphatic heterocycles. The smallest absolute Gasteiger partial charge is 0.0318 e. The molecule has 7 rings (SSSR count). The molecule has 0 bridgehead atoms. The first-order valence-corrected chi connectivity index (χ1v) is 13.7. The van der Waals surface area contributed by atoms with Crippen molar-refractivity contribution < 1.29 is 0 Å². The van der Waals surface area contributed by atoms with Crippen LogP contribution in [0.25, 0.3) is 0 Å². The molecule has 7 aliphatic rings. The summed E-state index contributed by atoms with van der Waals surface area (Å²) in [5.74, 6) is 16.0. The van der Waals surface area contributed by atoms with Crippen LogP contribution in [0.15, 0.2) is 0 Å². The summed E-state index contributed by atoms with van der Waals surface area (Å²) in [6.07, 6.45) is 19.5. The van der Waals surface area contributed by atoms with Crippen molar-refractivity contribution in [3.63, 3.8) is 0 Å². The van der Waals surface area contributed by atoms with E-state index in [1.165, 1.54) is 35.5 Å². The lowest BCUT2D eigenvalue weighted by Gasteiger charge is -2.69. The molecule has 7 aliphatic carbocycles. The van der Waals surface area contributed by atoms with Crippen molar-refractivity contribution in [3.05, 3.63) is 0 Å². The van der Waals surface area contributed by atoms with Gasteiger partial charge in [0.25, 0.3) is 0 Å². The SMILES string of the molecule is CC(C)C1CC2CCC3CCC4CCC5CCC6CCC(C1)C1C6C5C4C3C21. The van der Waals surface area contributed by atoms with Crippen molar-refractivity contribution in [1.29, 1.82) is 0 Å². The number of hydrogen-bond acceptors (Lipinski definition) is 0. The summed E-state index contributed by atoms with van der Waals surface area (Å²) in [7, 11) is 0. The Morgan fingerprint density at radius 2 is 0.643 bits per heavy atom. The van der Waals surface area contributed by atoms with Crippen molar-refractivity contribution in [2.24, 2.45) is 82.9 Å². The van der Waals surface area contributed by atoms with Gasteiger partial charge in [0, 0.05) is 0 Å². The Balaban J connectivity index is 1.38. The predicted octanol–water partition coefficient (Wildman–Crippen LogP) is 7.43. The van der Waals surface area contributed by atoms with E-state index in [0.717, 1.165) is 47.3 Å². The Morgan fingerprint density at radius 3 is 0.929 bits per heavy atom. The highest BCUT2D eigenvalue weighted by Crippen LogP contribution is 2.72. The second-order valence-corrected chi connectivity index (χ2v) is 13.4. The normalized spacial score (nSPS) is 61.6. The first-order valence-electron chi connectivity index (χ1n) is 13.7. The third kappa shape index (κ3) is 2.25. The Morgan fingerprint density at radius 1 is 0.393 bits per heavy atom. The number of rotatable bonds is 1. The van der Waals surface area contributed by atoms with E-state index in [2.05, 4.69) is 13.8 Å². The van der Waals surface area contributed by atoms with Gasteiger partial charge in [-0.15, -0.1) is 0 Å². The summed E-state index contributed by atoms with van der Waals surface area (Å²) < 4.78 is 0. The van der Waals surface area contributed by atoms with Crippen LogP contribution in [-0.2, 0) is 0 Å². The molecule has 0 spiro atoms. The molecule has 0 heteroatoms. The van der Waals surface area contributed by atoms with Crippen LogP contribution in [0.1, 0.15) is 90.9 Å². The molecule has 0 saturated heterocycles.